The Hall–Kier alpha value is -1.57. The fourth-order valence-electron chi connectivity index (χ4n) is 1.72. The van der Waals surface area contributed by atoms with E-state index in [4.69, 9.17) is 10.4 Å². The summed E-state index contributed by atoms with van der Waals surface area (Å²) in [5.74, 6) is -2.73. The first kappa shape index (κ1) is 9.52. The maximum atomic E-state index is 11.1. The predicted molar refractivity (Wildman–Crippen MR) is 42.2 cm³/mol. The van der Waals surface area contributed by atoms with Gasteiger partial charge in [0.25, 0.3) is 0 Å². The van der Waals surface area contributed by atoms with Crippen LogP contribution in [0.15, 0.2) is 0 Å². The molecule has 0 aromatic heterocycles. The summed E-state index contributed by atoms with van der Waals surface area (Å²) >= 11 is 0. The molecule has 0 spiro atoms. The molecule has 0 aromatic rings. The third-order valence-electron chi connectivity index (χ3n) is 2.55. The Balaban J connectivity index is 2.72. The van der Waals surface area contributed by atoms with Crippen molar-refractivity contribution >= 4 is 11.9 Å². The van der Waals surface area contributed by atoms with E-state index in [1.165, 1.54) is 6.19 Å². The Kier molecular flexibility index (Phi) is 2.00. The molecule has 0 heterocycles. The highest BCUT2D eigenvalue weighted by molar-refractivity contribution is 5.92. The summed E-state index contributed by atoms with van der Waals surface area (Å²) < 4.78 is 0. The third-order valence-corrected chi connectivity index (χ3v) is 2.55. The van der Waals surface area contributed by atoms with E-state index in [-0.39, 0.29) is 0 Å². The van der Waals surface area contributed by atoms with Crippen LogP contribution < -0.4 is 5.32 Å². The molecule has 0 saturated heterocycles. The van der Waals surface area contributed by atoms with Gasteiger partial charge in [0.1, 0.15) is 0 Å². The molecule has 5 heteroatoms. The molecule has 0 unspecified atom stereocenters. The van der Waals surface area contributed by atoms with E-state index in [0.29, 0.717) is 0 Å². The normalized spacial score (nSPS) is 28.7. The topological polar surface area (TPSA) is 90.2 Å². The van der Waals surface area contributed by atoms with Crippen LogP contribution in [0.3, 0.4) is 0 Å². The summed E-state index contributed by atoms with van der Waals surface area (Å²) in [6, 6.07) is 0. The molecular formula is C8H10N2O3. The van der Waals surface area contributed by atoms with Crippen LogP contribution in [0.2, 0.25) is 0 Å². The van der Waals surface area contributed by atoms with Gasteiger partial charge in [-0.15, -0.1) is 0 Å². The number of carboxylic acids is 1. The molecular weight excluding hydrogens is 172 g/mol. The average Bonchev–Trinajstić information content (AvgIpc) is 2.54. The largest absolute Gasteiger partial charge is 0.481 e. The van der Waals surface area contributed by atoms with Gasteiger partial charge in [0.05, 0.1) is 11.8 Å². The molecule has 0 bridgehead atoms. The van der Waals surface area contributed by atoms with Crippen LogP contribution in [0.1, 0.15) is 13.8 Å². The highest BCUT2D eigenvalue weighted by atomic mass is 16.4. The Morgan fingerprint density at radius 3 is 2.31 bits per heavy atom. The van der Waals surface area contributed by atoms with Crippen LogP contribution in [-0.2, 0) is 9.59 Å². The lowest BCUT2D eigenvalue weighted by Crippen LogP contribution is -2.22. The van der Waals surface area contributed by atoms with Crippen LogP contribution in [0.25, 0.3) is 0 Å². The minimum atomic E-state index is -0.983. The van der Waals surface area contributed by atoms with Gasteiger partial charge >= 0.3 is 5.97 Å². The van der Waals surface area contributed by atoms with Crippen molar-refractivity contribution in [3.8, 4) is 6.19 Å². The van der Waals surface area contributed by atoms with Crippen molar-refractivity contribution in [2.75, 3.05) is 0 Å². The van der Waals surface area contributed by atoms with Crippen molar-refractivity contribution in [3.05, 3.63) is 0 Å². The molecule has 13 heavy (non-hydrogen) atoms. The van der Waals surface area contributed by atoms with E-state index < -0.39 is 29.1 Å². The number of nitrogens with one attached hydrogen (secondary N) is 1. The van der Waals surface area contributed by atoms with Gasteiger partial charge in [-0.25, -0.2) is 0 Å². The Bertz CT molecular complexity index is 303. The second kappa shape index (κ2) is 2.73. The van der Waals surface area contributed by atoms with Crippen LogP contribution in [0, 0.1) is 28.7 Å². The van der Waals surface area contributed by atoms with Crippen molar-refractivity contribution in [1.29, 1.82) is 5.26 Å². The SMILES string of the molecule is CC1(C)[C@H](C(=O)O)[C@@H]1C(=O)NC#N. The van der Waals surface area contributed by atoms with Crippen LogP contribution in [0.4, 0.5) is 0 Å². The number of hydrogen-bond acceptors (Lipinski definition) is 3. The number of rotatable bonds is 2. The van der Waals surface area contributed by atoms with E-state index in [2.05, 4.69) is 0 Å². The molecule has 0 radical (unpaired) electrons. The van der Waals surface area contributed by atoms with E-state index in [1.807, 2.05) is 5.32 Å². The third kappa shape index (κ3) is 1.35. The second-order valence-corrected chi connectivity index (χ2v) is 3.72. The maximum absolute atomic E-state index is 11.1. The number of nitriles is 1. The molecule has 1 aliphatic carbocycles. The monoisotopic (exact) mass is 182 g/mol. The summed E-state index contributed by atoms with van der Waals surface area (Å²) in [5, 5.41) is 18.8. The number of carbonyl (C=O) groups is 2. The number of hydrogen-bond donors (Lipinski definition) is 2. The number of amides is 1. The zero-order valence-electron chi connectivity index (χ0n) is 7.37. The Morgan fingerprint density at radius 1 is 1.46 bits per heavy atom. The molecule has 1 fully saturated rings. The predicted octanol–water partition coefficient (Wildman–Crippen LogP) is -0.0595. The van der Waals surface area contributed by atoms with Gasteiger partial charge in [0, 0.05) is 0 Å². The van der Waals surface area contributed by atoms with Crippen molar-refractivity contribution < 1.29 is 14.7 Å². The molecule has 1 amide bonds. The molecule has 2 atom stereocenters. The van der Waals surface area contributed by atoms with E-state index in [0.717, 1.165) is 0 Å². The molecule has 5 nitrogen and oxygen atoms in total. The fraction of sp³-hybridized carbons (Fsp3) is 0.625. The highest BCUT2D eigenvalue weighted by Gasteiger charge is 2.65. The van der Waals surface area contributed by atoms with Gasteiger partial charge in [0.15, 0.2) is 6.19 Å². The molecule has 2 N–H and O–H groups in total. The first-order chi connectivity index (χ1) is 5.92. The zero-order chi connectivity index (χ0) is 10.2. The molecule has 0 aliphatic heterocycles. The first-order valence-electron chi connectivity index (χ1n) is 3.84. The molecule has 1 rings (SSSR count). The van der Waals surface area contributed by atoms with Crippen molar-refractivity contribution in [2.24, 2.45) is 17.3 Å². The highest BCUT2D eigenvalue weighted by Crippen LogP contribution is 2.58. The lowest BCUT2D eigenvalue weighted by molar-refractivity contribution is -0.140. The molecule has 0 aromatic carbocycles. The van der Waals surface area contributed by atoms with Gasteiger partial charge in [-0.05, 0) is 5.41 Å². The van der Waals surface area contributed by atoms with Gasteiger partial charge in [0.2, 0.25) is 5.91 Å². The van der Waals surface area contributed by atoms with Crippen molar-refractivity contribution in [1.82, 2.24) is 5.32 Å². The van der Waals surface area contributed by atoms with E-state index in [1.54, 1.807) is 13.8 Å². The lowest BCUT2D eigenvalue weighted by atomic mass is 10.1. The van der Waals surface area contributed by atoms with Gasteiger partial charge in [-0.1, -0.05) is 13.8 Å². The Labute approximate surface area is 75.3 Å². The van der Waals surface area contributed by atoms with Gasteiger partial charge in [-0.3, -0.25) is 14.9 Å². The minimum absolute atomic E-state index is 0.500. The quantitative estimate of drug-likeness (QED) is 0.462. The number of nitrogens with zero attached hydrogens (tertiary/aromatic N) is 1. The molecule has 1 aliphatic rings. The fourth-order valence-corrected chi connectivity index (χ4v) is 1.72. The Morgan fingerprint density at radius 2 is 2.00 bits per heavy atom. The smallest absolute Gasteiger partial charge is 0.307 e. The lowest BCUT2D eigenvalue weighted by Gasteiger charge is -1.97. The standard InChI is InChI=1S/C8H10N2O3/c1-8(2)4(5(8)7(12)13)6(11)10-3-9/h4-5H,1-2H3,(H,10,11)(H,12,13)/t4-,5+/m1/s1. The summed E-state index contributed by atoms with van der Waals surface area (Å²) in [6.45, 7) is 3.40. The van der Waals surface area contributed by atoms with Crippen molar-refractivity contribution in [3.63, 3.8) is 0 Å². The number of aliphatic carboxylic acids is 1. The van der Waals surface area contributed by atoms with Gasteiger partial charge in [-0.2, -0.15) is 5.26 Å². The summed E-state index contributed by atoms with van der Waals surface area (Å²) in [5.41, 5.74) is -0.535. The van der Waals surface area contributed by atoms with E-state index >= 15 is 0 Å². The zero-order valence-corrected chi connectivity index (χ0v) is 7.37. The number of carboxylic acid groups (broad SMARTS) is 1. The minimum Gasteiger partial charge on any atom is -0.481 e. The van der Waals surface area contributed by atoms with Crippen LogP contribution in [0.5, 0.6) is 0 Å². The molecule has 1 saturated carbocycles. The summed E-state index contributed by atoms with van der Waals surface area (Å²) in [4.78, 5) is 21.8. The molecule has 70 valence electrons. The van der Waals surface area contributed by atoms with Gasteiger partial charge < -0.3 is 5.11 Å². The number of carbonyl (C=O) groups excluding carboxylic acids is 1. The average molecular weight is 182 g/mol. The second-order valence-electron chi connectivity index (χ2n) is 3.72. The summed E-state index contributed by atoms with van der Waals surface area (Å²) in [6.07, 6.45) is 1.49. The van der Waals surface area contributed by atoms with Crippen LogP contribution in [-0.4, -0.2) is 17.0 Å². The first-order valence-corrected chi connectivity index (χ1v) is 3.84. The maximum Gasteiger partial charge on any atom is 0.307 e. The summed E-state index contributed by atoms with van der Waals surface area (Å²) in [7, 11) is 0. The van der Waals surface area contributed by atoms with Crippen molar-refractivity contribution in [2.45, 2.75) is 13.8 Å². The van der Waals surface area contributed by atoms with E-state index in [9.17, 15) is 9.59 Å². The van der Waals surface area contributed by atoms with Crippen LogP contribution >= 0.6 is 0 Å².